The molecule has 0 radical (unpaired) electrons. The van der Waals surface area contributed by atoms with Gasteiger partial charge >= 0.3 is 0 Å². The van der Waals surface area contributed by atoms with Gasteiger partial charge in [0.25, 0.3) is 0 Å². The summed E-state index contributed by atoms with van der Waals surface area (Å²) in [6, 6.07) is 0. The highest BCUT2D eigenvalue weighted by Gasteiger charge is 2.54. The van der Waals surface area contributed by atoms with Gasteiger partial charge in [-0.25, -0.2) is 0 Å². The summed E-state index contributed by atoms with van der Waals surface area (Å²) in [5.74, 6) is 2.11. The monoisotopic (exact) mass is 265 g/mol. The molecule has 108 valence electrons. The minimum atomic E-state index is -0.607. The number of rotatable bonds is 2. The fourth-order valence-corrected chi connectivity index (χ4v) is 4.56. The smallest absolute Gasteiger partial charge is 0.171 e. The lowest BCUT2D eigenvalue weighted by molar-refractivity contribution is -0.132. The maximum absolute atomic E-state index is 12.5. The van der Waals surface area contributed by atoms with Gasteiger partial charge < -0.3 is 9.64 Å². The average molecular weight is 265 g/mol. The predicted molar refractivity (Wildman–Crippen MR) is 75.0 cm³/mol. The molecule has 0 spiro atoms. The van der Waals surface area contributed by atoms with E-state index in [4.69, 9.17) is 4.74 Å². The van der Waals surface area contributed by atoms with Gasteiger partial charge in [-0.15, -0.1) is 0 Å². The first-order valence-electron chi connectivity index (χ1n) is 7.76. The van der Waals surface area contributed by atoms with Crippen LogP contribution in [0, 0.1) is 17.8 Å². The van der Waals surface area contributed by atoms with Crippen LogP contribution in [-0.4, -0.2) is 41.5 Å². The molecule has 0 aromatic carbocycles. The Bertz CT molecular complexity index is 376. The third-order valence-electron chi connectivity index (χ3n) is 5.51. The number of likely N-dealkylation sites (tertiary alicyclic amines) is 1. The fraction of sp³-hybridized carbons (Fsp3) is 0.938. The van der Waals surface area contributed by atoms with Crippen LogP contribution in [0.5, 0.6) is 0 Å². The summed E-state index contributed by atoms with van der Waals surface area (Å²) in [5.41, 5.74) is -0.929. The predicted octanol–water partition coefficient (Wildman–Crippen LogP) is 2.49. The van der Waals surface area contributed by atoms with E-state index in [1.54, 1.807) is 0 Å². The first-order valence-corrected chi connectivity index (χ1v) is 7.76. The molecule has 3 unspecified atom stereocenters. The summed E-state index contributed by atoms with van der Waals surface area (Å²) in [6.07, 6.45) is 4.20. The number of ketones is 1. The molecule has 3 heteroatoms. The van der Waals surface area contributed by atoms with Crippen LogP contribution in [0.1, 0.15) is 47.0 Å². The Hall–Kier alpha value is -0.410. The summed E-state index contributed by atoms with van der Waals surface area (Å²) >= 11 is 0. The number of carbonyl (C=O) groups excluding carboxylic acids is 1. The molecule has 0 aromatic rings. The molecule has 2 aliphatic heterocycles. The molecular weight excluding hydrogens is 238 g/mol. The van der Waals surface area contributed by atoms with Gasteiger partial charge in [-0.3, -0.25) is 4.79 Å². The number of hydrogen-bond acceptors (Lipinski definition) is 3. The average Bonchev–Trinajstić information content (AvgIpc) is 2.85. The second kappa shape index (κ2) is 4.29. The molecule has 19 heavy (non-hydrogen) atoms. The maximum atomic E-state index is 12.5. The van der Waals surface area contributed by atoms with E-state index in [1.807, 2.05) is 13.8 Å². The first kappa shape index (κ1) is 13.6. The fourth-order valence-electron chi connectivity index (χ4n) is 4.56. The van der Waals surface area contributed by atoms with Crippen LogP contribution in [0.25, 0.3) is 0 Å². The molecule has 3 atom stereocenters. The maximum Gasteiger partial charge on any atom is 0.171 e. The van der Waals surface area contributed by atoms with Gasteiger partial charge in [0.1, 0.15) is 5.60 Å². The van der Waals surface area contributed by atoms with Gasteiger partial charge in [0.15, 0.2) is 5.78 Å². The molecule has 2 heterocycles. The van der Waals surface area contributed by atoms with Crippen LogP contribution < -0.4 is 0 Å². The molecule has 1 saturated carbocycles. The van der Waals surface area contributed by atoms with Gasteiger partial charge in [0.05, 0.1) is 11.5 Å². The number of hydrogen-bond donors (Lipinski definition) is 0. The van der Waals surface area contributed by atoms with Crippen molar-refractivity contribution in [3.63, 3.8) is 0 Å². The summed E-state index contributed by atoms with van der Waals surface area (Å²) in [7, 11) is 0. The molecular formula is C16H27NO2. The van der Waals surface area contributed by atoms with E-state index in [0.717, 1.165) is 18.4 Å². The molecule has 0 N–H and O–H groups in total. The molecule has 2 saturated heterocycles. The van der Waals surface area contributed by atoms with Crippen molar-refractivity contribution in [3.05, 3.63) is 0 Å². The van der Waals surface area contributed by atoms with E-state index < -0.39 is 5.60 Å². The van der Waals surface area contributed by atoms with Crippen molar-refractivity contribution >= 4 is 5.78 Å². The summed E-state index contributed by atoms with van der Waals surface area (Å²) in [4.78, 5) is 15.0. The second-order valence-electron chi connectivity index (χ2n) is 7.80. The van der Waals surface area contributed by atoms with Crippen molar-refractivity contribution in [1.82, 2.24) is 4.90 Å². The molecule has 1 aliphatic carbocycles. The molecule has 3 nitrogen and oxygen atoms in total. The molecule has 0 bridgehead atoms. The number of nitrogens with zero attached hydrogens (tertiary/aromatic N) is 1. The van der Waals surface area contributed by atoms with Crippen LogP contribution in [0.2, 0.25) is 0 Å². The molecule has 0 aromatic heterocycles. The third-order valence-corrected chi connectivity index (χ3v) is 5.51. The zero-order valence-electron chi connectivity index (χ0n) is 12.7. The lowest BCUT2D eigenvalue weighted by Crippen LogP contribution is -2.40. The van der Waals surface area contributed by atoms with Gasteiger partial charge in [-0.05, 0) is 52.4 Å². The van der Waals surface area contributed by atoms with E-state index in [0.29, 0.717) is 0 Å². The zero-order valence-corrected chi connectivity index (χ0v) is 12.7. The van der Waals surface area contributed by atoms with Crippen molar-refractivity contribution in [1.29, 1.82) is 0 Å². The molecule has 0 amide bonds. The van der Waals surface area contributed by atoms with E-state index in [9.17, 15) is 4.79 Å². The number of ether oxygens (including phenoxy) is 1. The van der Waals surface area contributed by atoms with Gasteiger partial charge in [0, 0.05) is 19.6 Å². The second-order valence-corrected chi connectivity index (χ2v) is 7.80. The van der Waals surface area contributed by atoms with Crippen LogP contribution in [0.3, 0.4) is 0 Å². The van der Waals surface area contributed by atoms with Crippen LogP contribution >= 0.6 is 0 Å². The van der Waals surface area contributed by atoms with Crippen molar-refractivity contribution < 1.29 is 9.53 Å². The minimum Gasteiger partial charge on any atom is -0.361 e. The van der Waals surface area contributed by atoms with Crippen LogP contribution in [0.4, 0.5) is 0 Å². The van der Waals surface area contributed by atoms with Crippen LogP contribution in [-0.2, 0) is 9.53 Å². The van der Waals surface area contributed by atoms with E-state index in [2.05, 4.69) is 18.7 Å². The SMILES string of the molecule is CC1(C)OC(C)(C)C(CN2CC3CCCC3C2)C1=O. The Morgan fingerprint density at radius 3 is 2.21 bits per heavy atom. The lowest BCUT2D eigenvalue weighted by atomic mass is 9.85. The third kappa shape index (κ3) is 2.25. The molecule has 3 rings (SSSR count). The van der Waals surface area contributed by atoms with Crippen molar-refractivity contribution in [2.45, 2.75) is 58.2 Å². The Labute approximate surface area is 116 Å². The number of carbonyl (C=O) groups is 1. The minimum absolute atomic E-state index is 0.0290. The Morgan fingerprint density at radius 1 is 1.16 bits per heavy atom. The van der Waals surface area contributed by atoms with Crippen molar-refractivity contribution in [2.75, 3.05) is 19.6 Å². The van der Waals surface area contributed by atoms with E-state index >= 15 is 0 Å². The summed E-state index contributed by atoms with van der Waals surface area (Å²) in [5, 5.41) is 0. The Morgan fingerprint density at radius 2 is 1.74 bits per heavy atom. The zero-order chi connectivity index (χ0) is 13.8. The number of fused-ring (bicyclic) bond motifs is 1. The van der Waals surface area contributed by atoms with Crippen molar-refractivity contribution in [3.8, 4) is 0 Å². The Kier molecular flexibility index (Phi) is 3.06. The first-order chi connectivity index (χ1) is 8.79. The topological polar surface area (TPSA) is 29.5 Å². The molecule has 3 fully saturated rings. The van der Waals surface area contributed by atoms with E-state index in [-0.39, 0.29) is 17.3 Å². The summed E-state index contributed by atoms with van der Waals surface area (Å²) in [6.45, 7) is 11.3. The summed E-state index contributed by atoms with van der Waals surface area (Å²) < 4.78 is 5.99. The highest BCUT2D eigenvalue weighted by Crippen LogP contribution is 2.42. The Balaban J connectivity index is 1.68. The lowest BCUT2D eigenvalue weighted by Gasteiger charge is -2.29. The quantitative estimate of drug-likeness (QED) is 0.768. The number of Topliss-reactive ketones (excluding diaryl/α,β-unsaturated/α-hetero) is 1. The highest BCUT2D eigenvalue weighted by atomic mass is 16.5. The van der Waals surface area contributed by atoms with Gasteiger partial charge in [-0.2, -0.15) is 0 Å². The standard InChI is InChI=1S/C16H27NO2/c1-15(2)13(14(18)16(3,4)19-15)10-17-8-11-6-5-7-12(11)9-17/h11-13H,5-10H2,1-4H3. The van der Waals surface area contributed by atoms with Crippen molar-refractivity contribution in [2.24, 2.45) is 17.8 Å². The van der Waals surface area contributed by atoms with E-state index in [1.165, 1.54) is 32.4 Å². The highest BCUT2D eigenvalue weighted by molar-refractivity contribution is 5.91. The normalized spacial score (nSPS) is 40.8. The van der Waals surface area contributed by atoms with Gasteiger partial charge in [-0.1, -0.05) is 6.42 Å². The van der Waals surface area contributed by atoms with Gasteiger partial charge in [0.2, 0.25) is 0 Å². The van der Waals surface area contributed by atoms with Crippen LogP contribution in [0.15, 0.2) is 0 Å². The largest absolute Gasteiger partial charge is 0.361 e. The molecule has 3 aliphatic rings.